The fraction of sp³-hybridized carbons (Fsp3) is 0.500. The quantitative estimate of drug-likeness (QED) is 0.879. The van der Waals surface area contributed by atoms with E-state index in [9.17, 15) is 14.7 Å². The number of hydrogen-bond acceptors (Lipinski definition) is 2. The van der Waals surface area contributed by atoms with Crippen molar-refractivity contribution in [1.29, 1.82) is 0 Å². The average Bonchev–Trinajstić information content (AvgIpc) is 2.41. The Morgan fingerprint density at radius 3 is 2.67 bits per heavy atom. The van der Waals surface area contributed by atoms with E-state index in [1.807, 2.05) is 39.0 Å². The second kappa shape index (κ2) is 6.16. The van der Waals surface area contributed by atoms with Crippen molar-refractivity contribution in [3.05, 3.63) is 29.3 Å². The van der Waals surface area contributed by atoms with Crippen molar-refractivity contribution in [1.82, 2.24) is 4.90 Å². The molecule has 1 aliphatic rings. The maximum absolute atomic E-state index is 12.4. The fourth-order valence-corrected chi connectivity index (χ4v) is 2.76. The zero-order chi connectivity index (χ0) is 15.6. The molecule has 0 saturated carbocycles. The molecule has 2 amide bonds. The number of carboxylic acids is 1. The molecule has 0 bridgehead atoms. The van der Waals surface area contributed by atoms with Gasteiger partial charge in [-0.2, -0.15) is 0 Å². The number of amides is 2. The normalized spacial score (nSPS) is 22.0. The van der Waals surface area contributed by atoms with Crippen molar-refractivity contribution in [3.63, 3.8) is 0 Å². The van der Waals surface area contributed by atoms with Crippen LogP contribution in [0.1, 0.15) is 30.9 Å². The first-order chi connectivity index (χ1) is 9.88. The third kappa shape index (κ3) is 3.54. The number of carbonyl (C=O) groups is 2. The highest BCUT2D eigenvalue weighted by Crippen LogP contribution is 2.24. The van der Waals surface area contributed by atoms with Crippen LogP contribution in [0.15, 0.2) is 18.2 Å². The second-order valence-electron chi connectivity index (χ2n) is 5.93. The summed E-state index contributed by atoms with van der Waals surface area (Å²) in [5.41, 5.74) is 2.83. The van der Waals surface area contributed by atoms with E-state index < -0.39 is 12.0 Å². The van der Waals surface area contributed by atoms with Gasteiger partial charge < -0.3 is 15.3 Å². The molecule has 5 nitrogen and oxygen atoms in total. The molecule has 114 valence electrons. The Labute approximate surface area is 125 Å². The maximum Gasteiger partial charge on any atom is 0.326 e. The van der Waals surface area contributed by atoms with E-state index in [-0.39, 0.29) is 6.03 Å². The van der Waals surface area contributed by atoms with E-state index in [2.05, 4.69) is 5.32 Å². The summed E-state index contributed by atoms with van der Waals surface area (Å²) in [6.07, 6.45) is 1.35. The van der Waals surface area contributed by atoms with Gasteiger partial charge in [0.15, 0.2) is 0 Å². The van der Waals surface area contributed by atoms with Crippen molar-refractivity contribution in [2.45, 2.75) is 39.7 Å². The molecule has 1 aliphatic heterocycles. The molecule has 1 heterocycles. The maximum atomic E-state index is 12.4. The summed E-state index contributed by atoms with van der Waals surface area (Å²) in [4.78, 5) is 25.2. The number of likely N-dealkylation sites (tertiary alicyclic amines) is 1. The van der Waals surface area contributed by atoms with Gasteiger partial charge in [0.05, 0.1) is 0 Å². The van der Waals surface area contributed by atoms with Crippen LogP contribution >= 0.6 is 0 Å². The lowest BCUT2D eigenvalue weighted by Crippen LogP contribution is -2.51. The lowest BCUT2D eigenvalue weighted by Gasteiger charge is -2.36. The zero-order valence-electron chi connectivity index (χ0n) is 12.7. The summed E-state index contributed by atoms with van der Waals surface area (Å²) in [6.45, 7) is 6.42. The van der Waals surface area contributed by atoms with Crippen LogP contribution in [0.4, 0.5) is 10.5 Å². The van der Waals surface area contributed by atoms with Crippen LogP contribution in [0.3, 0.4) is 0 Å². The largest absolute Gasteiger partial charge is 0.480 e. The van der Waals surface area contributed by atoms with E-state index in [1.54, 1.807) is 0 Å². The number of hydrogen-bond donors (Lipinski definition) is 2. The van der Waals surface area contributed by atoms with Crippen molar-refractivity contribution < 1.29 is 14.7 Å². The number of carboxylic acid groups (broad SMARTS) is 1. The van der Waals surface area contributed by atoms with Gasteiger partial charge in [0.25, 0.3) is 0 Å². The number of benzene rings is 1. The Hall–Kier alpha value is -2.04. The lowest BCUT2D eigenvalue weighted by molar-refractivity contribution is -0.143. The third-order valence-electron chi connectivity index (χ3n) is 4.03. The molecule has 1 fully saturated rings. The third-order valence-corrected chi connectivity index (χ3v) is 4.03. The number of carbonyl (C=O) groups excluding carboxylic acids is 1. The van der Waals surface area contributed by atoms with Gasteiger partial charge in [-0.25, -0.2) is 9.59 Å². The number of urea groups is 1. The minimum Gasteiger partial charge on any atom is -0.480 e. The van der Waals surface area contributed by atoms with Gasteiger partial charge in [0.1, 0.15) is 6.04 Å². The molecule has 2 N–H and O–H groups in total. The first-order valence-corrected chi connectivity index (χ1v) is 7.26. The Bertz CT molecular complexity index is 556. The van der Waals surface area contributed by atoms with Gasteiger partial charge in [-0.05, 0) is 44.2 Å². The van der Waals surface area contributed by atoms with Crippen molar-refractivity contribution in [2.75, 3.05) is 11.9 Å². The summed E-state index contributed by atoms with van der Waals surface area (Å²) in [5, 5.41) is 12.1. The minimum atomic E-state index is -0.933. The van der Waals surface area contributed by atoms with Crippen LogP contribution in [0.25, 0.3) is 0 Å². The molecular formula is C16H22N2O3. The highest BCUT2D eigenvalue weighted by atomic mass is 16.4. The molecule has 0 radical (unpaired) electrons. The topological polar surface area (TPSA) is 69.6 Å². The van der Waals surface area contributed by atoms with Crippen LogP contribution in [0.5, 0.6) is 0 Å². The number of nitrogens with zero attached hydrogens (tertiary/aromatic N) is 1. The molecule has 21 heavy (non-hydrogen) atoms. The van der Waals surface area contributed by atoms with Gasteiger partial charge in [0, 0.05) is 12.2 Å². The molecule has 0 aliphatic carbocycles. The van der Waals surface area contributed by atoms with Gasteiger partial charge in [-0.1, -0.05) is 24.6 Å². The van der Waals surface area contributed by atoms with Crippen LogP contribution < -0.4 is 5.32 Å². The monoisotopic (exact) mass is 290 g/mol. The van der Waals surface area contributed by atoms with Crippen LogP contribution in [0.2, 0.25) is 0 Å². The minimum absolute atomic E-state index is 0.330. The lowest BCUT2D eigenvalue weighted by atomic mass is 9.93. The Morgan fingerprint density at radius 2 is 2.05 bits per heavy atom. The zero-order valence-corrected chi connectivity index (χ0v) is 12.7. The summed E-state index contributed by atoms with van der Waals surface area (Å²) in [6, 6.07) is 4.70. The van der Waals surface area contributed by atoms with Crippen LogP contribution in [0, 0.1) is 19.8 Å². The van der Waals surface area contributed by atoms with E-state index in [0.29, 0.717) is 18.9 Å². The molecule has 5 heteroatoms. The number of aliphatic carboxylic acids is 1. The molecule has 1 aromatic carbocycles. The number of rotatable bonds is 2. The molecule has 2 atom stereocenters. The van der Waals surface area contributed by atoms with E-state index >= 15 is 0 Å². The molecule has 2 rings (SSSR count). The molecule has 1 aromatic rings. The van der Waals surface area contributed by atoms with Crippen LogP contribution in [-0.4, -0.2) is 34.6 Å². The first-order valence-electron chi connectivity index (χ1n) is 7.26. The molecule has 0 spiro atoms. The Kier molecular flexibility index (Phi) is 4.50. The van der Waals surface area contributed by atoms with Crippen molar-refractivity contribution in [3.8, 4) is 0 Å². The smallest absolute Gasteiger partial charge is 0.326 e. The molecule has 2 unspecified atom stereocenters. The van der Waals surface area contributed by atoms with E-state index in [0.717, 1.165) is 23.2 Å². The van der Waals surface area contributed by atoms with Crippen LogP contribution in [-0.2, 0) is 4.79 Å². The van der Waals surface area contributed by atoms with Gasteiger partial charge in [0.2, 0.25) is 0 Å². The number of piperidine rings is 1. The summed E-state index contributed by atoms with van der Waals surface area (Å²) in [5.74, 6) is -0.603. The van der Waals surface area contributed by atoms with Crippen molar-refractivity contribution >= 4 is 17.7 Å². The number of aryl methyl sites for hydroxylation is 2. The Morgan fingerprint density at radius 1 is 1.33 bits per heavy atom. The van der Waals surface area contributed by atoms with E-state index in [1.165, 1.54) is 4.90 Å². The average molecular weight is 290 g/mol. The number of nitrogens with one attached hydrogen (secondary N) is 1. The summed E-state index contributed by atoms with van der Waals surface area (Å²) < 4.78 is 0. The first kappa shape index (κ1) is 15.4. The molecule has 1 saturated heterocycles. The highest BCUT2D eigenvalue weighted by molar-refractivity contribution is 5.93. The highest BCUT2D eigenvalue weighted by Gasteiger charge is 2.34. The molecule has 0 aromatic heterocycles. The summed E-state index contributed by atoms with van der Waals surface area (Å²) >= 11 is 0. The Balaban J connectivity index is 2.13. The SMILES string of the molecule is Cc1ccc(NC(=O)N2CCC(C)CC2C(=O)O)c(C)c1. The van der Waals surface area contributed by atoms with Crippen molar-refractivity contribution in [2.24, 2.45) is 5.92 Å². The van der Waals surface area contributed by atoms with E-state index in [4.69, 9.17) is 0 Å². The standard InChI is InChI=1S/C16H22N2O3/c1-10-4-5-13(12(3)8-10)17-16(21)18-7-6-11(2)9-14(18)15(19)20/h4-5,8,11,14H,6-7,9H2,1-3H3,(H,17,21)(H,19,20). The predicted molar refractivity (Wildman–Crippen MR) is 81.5 cm³/mol. The second-order valence-corrected chi connectivity index (χ2v) is 5.93. The van der Waals surface area contributed by atoms with Gasteiger partial charge in [-0.3, -0.25) is 0 Å². The van der Waals surface area contributed by atoms with Gasteiger partial charge >= 0.3 is 12.0 Å². The number of anilines is 1. The molecular weight excluding hydrogens is 268 g/mol. The van der Waals surface area contributed by atoms with Gasteiger partial charge in [-0.15, -0.1) is 0 Å². The fourth-order valence-electron chi connectivity index (χ4n) is 2.76. The summed E-state index contributed by atoms with van der Waals surface area (Å²) in [7, 11) is 0. The predicted octanol–water partition coefficient (Wildman–Crippen LogP) is 3.02.